The molecule has 2 N–H and O–H groups in total. The number of carboxylic acid groups (broad SMARTS) is 1. The highest BCUT2D eigenvalue weighted by atomic mass is 16.6. The molecule has 0 aromatic carbocycles. The third-order valence-corrected chi connectivity index (χ3v) is 5.63. The second-order valence-electron chi connectivity index (χ2n) is 7.33. The number of oxime groups is 1. The van der Waals surface area contributed by atoms with E-state index in [1.54, 1.807) is 0 Å². The molecule has 0 saturated heterocycles. The predicted octanol–water partition coefficient (Wildman–Crippen LogP) is 1.30. The molecule has 0 aromatic heterocycles. The standard InChI is InChI=1S/C15H20N2O4/c18-13(12-4-11(14(19)20)17-21-12)16-15-5-8-1-9(6-15)3-10(2-8)7-15/h8-10,12H,1-7H2,(H,16,18)(H,19,20). The molecule has 4 fully saturated rings. The van der Waals surface area contributed by atoms with Gasteiger partial charge in [-0.1, -0.05) is 5.16 Å². The number of carbonyl (C=O) groups excluding carboxylic acids is 1. The van der Waals surface area contributed by atoms with Gasteiger partial charge in [0.15, 0.2) is 5.71 Å². The van der Waals surface area contributed by atoms with Crippen molar-refractivity contribution >= 4 is 17.6 Å². The summed E-state index contributed by atoms with van der Waals surface area (Å²) in [4.78, 5) is 28.2. The lowest BCUT2D eigenvalue weighted by Gasteiger charge is -2.57. The molecular formula is C15H20N2O4. The van der Waals surface area contributed by atoms with Crippen LogP contribution < -0.4 is 5.32 Å². The molecule has 1 atom stereocenters. The van der Waals surface area contributed by atoms with Gasteiger partial charge >= 0.3 is 5.97 Å². The molecule has 21 heavy (non-hydrogen) atoms. The van der Waals surface area contributed by atoms with Crippen LogP contribution in [-0.2, 0) is 14.4 Å². The second kappa shape index (κ2) is 4.45. The fraction of sp³-hybridized carbons (Fsp3) is 0.800. The second-order valence-corrected chi connectivity index (χ2v) is 7.33. The lowest BCUT2D eigenvalue weighted by molar-refractivity contribution is -0.137. The maximum atomic E-state index is 12.4. The SMILES string of the molecule is O=C(O)C1=NOC(C(=O)NC23CC4CC(CC(C4)C2)C3)C1. The molecule has 1 amide bonds. The molecular weight excluding hydrogens is 272 g/mol. The third-order valence-electron chi connectivity index (χ3n) is 5.63. The Morgan fingerprint density at radius 1 is 1.14 bits per heavy atom. The van der Waals surface area contributed by atoms with Crippen LogP contribution in [0.1, 0.15) is 44.9 Å². The van der Waals surface area contributed by atoms with Crippen LogP contribution in [0.3, 0.4) is 0 Å². The molecule has 4 saturated carbocycles. The summed E-state index contributed by atoms with van der Waals surface area (Å²) in [6, 6.07) is 0. The molecule has 1 aliphatic heterocycles. The summed E-state index contributed by atoms with van der Waals surface area (Å²) >= 11 is 0. The van der Waals surface area contributed by atoms with Gasteiger partial charge in [-0.2, -0.15) is 0 Å². The summed E-state index contributed by atoms with van der Waals surface area (Å²) in [7, 11) is 0. The Hall–Kier alpha value is -1.59. The number of hydrogen-bond acceptors (Lipinski definition) is 4. The summed E-state index contributed by atoms with van der Waals surface area (Å²) in [5.41, 5.74) is -0.137. The Kier molecular flexibility index (Phi) is 2.78. The Bertz CT molecular complexity index is 492. The average molecular weight is 292 g/mol. The molecule has 5 rings (SSSR count). The highest BCUT2D eigenvalue weighted by molar-refractivity contribution is 6.36. The summed E-state index contributed by atoms with van der Waals surface area (Å²) < 4.78 is 0. The van der Waals surface area contributed by atoms with Gasteiger partial charge in [0, 0.05) is 12.0 Å². The Morgan fingerprint density at radius 2 is 1.71 bits per heavy atom. The van der Waals surface area contributed by atoms with Gasteiger partial charge < -0.3 is 15.3 Å². The summed E-state index contributed by atoms with van der Waals surface area (Å²) in [5, 5.41) is 15.6. The van der Waals surface area contributed by atoms with Crippen molar-refractivity contribution in [3.63, 3.8) is 0 Å². The van der Waals surface area contributed by atoms with Crippen LogP contribution in [0, 0.1) is 17.8 Å². The van der Waals surface area contributed by atoms with E-state index >= 15 is 0 Å². The van der Waals surface area contributed by atoms with Crippen molar-refractivity contribution in [2.45, 2.75) is 56.6 Å². The highest BCUT2D eigenvalue weighted by Crippen LogP contribution is 2.55. The van der Waals surface area contributed by atoms with Gasteiger partial charge in [0.25, 0.3) is 5.91 Å². The van der Waals surface area contributed by atoms with Gasteiger partial charge in [-0.05, 0) is 56.3 Å². The quantitative estimate of drug-likeness (QED) is 0.820. The van der Waals surface area contributed by atoms with Crippen LogP contribution in [-0.4, -0.2) is 34.3 Å². The van der Waals surface area contributed by atoms with Gasteiger partial charge in [0.05, 0.1) is 0 Å². The van der Waals surface area contributed by atoms with Crippen molar-refractivity contribution in [3.8, 4) is 0 Å². The van der Waals surface area contributed by atoms with Crippen molar-refractivity contribution in [3.05, 3.63) is 0 Å². The number of hydrogen-bond donors (Lipinski definition) is 2. The molecule has 0 aromatic rings. The van der Waals surface area contributed by atoms with E-state index < -0.39 is 12.1 Å². The first-order chi connectivity index (χ1) is 10.0. The molecule has 0 spiro atoms. The van der Waals surface area contributed by atoms with Crippen molar-refractivity contribution in [1.82, 2.24) is 5.32 Å². The van der Waals surface area contributed by atoms with Gasteiger partial charge in [-0.15, -0.1) is 0 Å². The highest BCUT2D eigenvalue weighted by Gasteiger charge is 2.52. The number of nitrogens with one attached hydrogen (secondary N) is 1. The first-order valence-corrected chi connectivity index (χ1v) is 7.81. The van der Waals surface area contributed by atoms with Crippen molar-refractivity contribution in [2.75, 3.05) is 0 Å². The number of rotatable bonds is 3. The normalized spacial score (nSPS) is 43.3. The third kappa shape index (κ3) is 2.21. The lowest BCUT2D eigenvalue weighted by Crippen LogP contribution is -2.61. The first kappa shape index (κ1) is 13.1. The molecule has 4 aliphatic carbocycles. The topological polar surface area (TPSA) is 88.0 Å². The van der Waals surface area contributed by atoms with Gasteiger partial charge in [0.1, 0.15) is 0 Å². The van der Waals surface area contributed by atoms with Crippen LogP contribution in [0.15, 0.2) is 5.16 Å². The maximum Gasteiger partial charge on any atom is 0.353 e. The number of nitrogens with zero attached hydrogens (tertiary/aromatic N) is 1. The van der Waals surface area contributed by atoms with Crippen molar-refractivity contribution in [1.29, 1.82) is 0 Å². The molecule has 114 valence electrons. The predicted molar refractivity (Wildman–Crippen MR) is 73.6 cm³/mol. The van der Waals surface area contributed by atoms with Crippen molar-refractivity contribution < 1.29 is 19.5 Å². The van der Waals surface area contributed by atoms with Gasteiger partial charge in [-0.25, -0.2) is 4.79 Å². The molecule has 6 nitrogen and oxygen atoms in total. The van der Waals surface area contributed by atoms with E-state index in [4.69, 9.17) is 9.94 Å². The number of aliphatic carboxylic acids is 1. The fourth-order valence-corrected chi connectivity index (χ4v) is 5.25. The Balaban J connectivity index is 1.42. The van der Waals surface area contributed by atoms with E-state index in [-0.39, 0.29) is 23.6 Å². The minimum Gasteiger partial charge on any atom is -0.477 e. The van der Waals surface area contributed by atoms with Crippen LogP contribution in [0.5, 0.6) is 0 Å². The molecule has 1 unspecified atom stereocenters. The Morgan fingerprint density at radius 3 is 2.19 bits per heavy atom. The minimum absolute atomic E-state index is 0.0630. The molecule has 4 bridgehead atoms. The van der Waals surface area contributed by atoms with Crippen LogP contribution in [0.25, 0.3) is 0 Å². The number of amides is 1. The summed E-state index contributed by atoms with van der Waals surface area (Å²) in [6.45, 7) is 0. The van der Waals surface area contributed by atoms with Crippen LogP contribution >= 0.6 is 0 Å². The summed E-state index contributed by atoms with van der Waals surface area (Å²) in [6.07, 6.45) is 6.47. The molecule has 6 heteroatoms. The van der Waals surface area contributed by atoms with Crippen LogP contribution in [0.2, 0.25) is 0 Å². The minimum atomic E-state index is -1.11. The maximum absolute atomic E-state index is 12.4. The van der Waals surface area contributed by atoms with E-state index in [0.717, 1.165) is 37.0 Å². The first-order valence-electron chi connectivity index (χ1n) is 7.81. The molecule has 5 aliphatic rings. The van der Waals surface area contributed by atoms with E-state index in [1.165, 1.54) is 19.3 Å². The zero-order valence-electron chi connectivity index (χ0n) is 11.9. The smallest absolute Gasteiger partial charge is 0.353 e. The fourth-order valence-electron chi connectivity index (χ4n) is 5.25. The Labute approximate surface area is 122 Å². The molecule has 0 radical (unpaired) electrons. The van der Waals surface area contributed by atoms with E-state index in [9.17, 15) is 9.59 Å². The lowest BCUT2D eigenvalue weighted by atomic mass is 9.53. The van der Waals surface area contributed by atoms with Gasteiger partial charge in [0.2, 0.25) is 6.10 Å². The summed E-state index contributed by atoms with van der Waals surface area (Å²) in [5.74, 6) is 0.961. The number of carbonyl (C=O) groups is 2. The van der Waals surface area contributed by atoms with E-state index in [0.29, 0.717) is 0 Å². The average Bonchev–Trinajstić information content (AvgIpc) is 2.85. The van der Waals surface area contributed by atoms with Crippen LogP contribution in [0.4, 0.5) is 0 Å². The number of carboxylic acids is 1. The van der Waals surface area contributed by atoms with Gasteiger partial charge in [-0.3, -0.25) is 4.79 Å². The molecule has 1 heterocycles. The zero-order chi connectivity index (χ0) is 14.6. The van der Waals surface area contributed by atoms with E-state index in [2.05, 4.69) is 10.5 Å². The van der Waals surface area contributed by atoms with E-state index in [1.807, 2.05) is 0 Å². The largest absolute Gasteiger partial charge is 0.477 e. The van der Waals surface area contributed by atoms with Crippen molar-refractivity contribution in [2.24, 2.45) is 22.9 Å². The monoisotopic (exact) mass is 292 g/mol. The zero-order valence-corrected chi connectivity index (χ0v) is 11.9.